The third-order valence-corrected chi connectivity index (χ3v) is 7.06. The number of benzene rings is 2. The molecule has 2 aliphatic rings. The molecule has 3 aromatic rings. The lowest BCUT2D eigenvalue weighted by Crippen LogP contribution is -2.37. The quantitative estimate of drug-likeness (QED) is 0.393. The number of likely N-dealkylation sites (N-methyl/N-ethyl adjacent to an activating group) is 1. The molecule has 5 rings (SSSR count). The number of morpholine rings is 1. The van der Waals surface area contributed by atoms with Crippen molar-refractivity contribution in [3.63, 3.8) is 0 Å². The summed E-state index contributed by atoms with van der Waals surface area (Å²) in [5, 5.41) is 3.67. The number of Topliss-reactive ketones (excluding diaryl/α,β-unsaturated/α-hetero) is 1. The Kier molecular flexibility index (Phi) is 9.22. The molecule has 10 heteroatoms. The number of halogens is 2. The van der Waals surface area contributed by atoms with Gasteiger partial charge in [0.25, 0.3) is 5.91 Å². The Bertz CT molecular complexity index is 1370. The van der Waals surface area contributed by atoms with Crippen LogP contribution in [0.2, 0.25) is 10.0 Å². The molecule has 39 heavy (non-hydrogen) atoms. The molecule has 0 bridgehead atoms. The van der Waals surface area contributed by atoms with Crippen molar-refractivity contribution >= 4 is 52.2 Å². The normalized spacial score (nSPS) is 15.0. The minimum absolute atomic E-state index is 0. The van der Waals surface area contributed by atoms with Gasteiger partial charge in [-0.15, -0.1) is 0 Å². The maximum Gasteiger partial charge on any atom is 0.257 e. The standard InChI is InChI=1S/C28H27Cl2N5O3.CH4/c1-34-9-8-31-27(34)19-4-2-18(3-5-19)25(36)16-22-23(28(37)33-26-7-6-20(29)17-32-26)14-21(30)15-24(22)35-10-12-38-13-11-35;/h2-7,14-15,17H,8-13,16H2,1H3,(H,32,33,37);1H4. The van der Waals surface area contributed by atoms with Crippen LogP contribution in [-0.2, 0) is 11.2 Å². The molecule has 2 aromatic carbocycles. The molecule has 0 radical (unpaired) electrons. The molecule has 0 unspecified atom stereocenters. The number of nitrogens with one attached hydrogen (secondary N) is 1. The Morgan fingerprint density at radius 3 is 2.38 bits per heavy atom. The molecule has 0 atom stereocenters. The minimum Gasteiger partial charge on any atom is -0.378 e. The van der Waals surface area contributed by atoms with Crippen LogP contribution < -0.4 is 10.2 Å². The lowest BCUT2D eigenvalue weighted by atomic mass is 9.95. The molecule has 204 valence electrons. The monoisotopic (exact) mass is 567 g/mol. The molecule has 8 nitrogen and oxygen atoms in total. The summed E-state index contributed by atoms with van der Waals surface area (Å²) in [6.07, 6.45) is 1.48. The molecule has 1 fully saturated rings. The van der Waals surface area contributed by atoms with E-state index in [-0.39, 0.29) is 19.6 Å². The van der Waals surface area contributed by atoms with Crippen molar-refractivity contribution in [3.05, 3.63) is 87.0 Å². The third-order valence-electron chi connectivity index (χ3n) is 6.62. The van der Waals surface area contributed by atoms with Gasteiger partial charge < -0.3 is 19.9 Å². The summed E-state index contributed by atoms with van der Waals surface area (Å²) >= 11 is 12.4. The van der Waals surface area contributed by atoms with Gasteiger partial charge in [-0.05, 0) is 29.8 Å². The number of pyridine rings is 1. The smallest absolute Gasteiger partial charge is 0.257 e. The number of carbonyl (C=O) groups is 2. The van der Waals surface area contributed by atoms with E-state index in [1.165, 1.54) is 6.20 Å². The van der Waals surface area contributed by atoms with E-state index in [4.69, 9.17) is 27.9 Å². The number of aromatic nitrogens is 1. The molecule has 0 spiro atoms. The van der Waals surface area contributed by atoms with E-state index in [1.54, 1.807) is 18.2 Å². The SMILES string of the molecule is C.CN1CCN=C1c1ccc(C(=O)Cc2c(C(=O)Nc3ccc(Cl)cn3)cc(Cl)cc2N2CCOCC2)cc1. The predicted molar refractivity (Wildman–Crippen MR) is 157 cm³/mol. The van der Waals surface area contributed by atoms with Crippen molar-refractivity contribution in [3.8, 4) is 0 Å². The van der Waals surface area contributed by atoms with Gasteiger partial charge in [0.2, 0.25) is 0 Å². The summed E-state index contributed by atoms with van der Waals surface area (Å²) < 4.78 is 5.52. The van der Waals surface area contributed by atoms with Crippen molar-refractivity contribution in [2.45, 2.75) is 13.8 Å². The van der Waals surface area contributed by atoms with Crippen molar-refractivity contribution in [1.29, 1.82) is 0 Å². The first kappa shape index (κ1) is 28.5. The summed E-state index contributed by atoms with van der Waals surface area (Å²) in [5.41, 5.74) is 3.21. The van der Waals surface area contributed by atoms with Crippen LogP contribution in [0.15, 0.2) is 59.7 Å². The highest BCUT2D eigenvalue weighted by atomic mass is 35.5. The van der Waals surface area contributed by atoms with Crippen LogP contribution in [0, 0.1) is 0 Å². The number of aliphatic imine (C=N–C) groups is 1. The number of anilines is 2. The number of carbonyl (C=O) groups excluding carboxylic acids is 2. The Morgan fingerprint density at radius 1 is 1.00 bits per heavy atom. The highest BCUT2D eigenvalue weighted by Crippen LogP contribution is 2.31. The summed E-state index contributed by atoms with van der Waals surface area (Å²) in [6, 6.07) is 14.1. The van der Waals surface area contributed by atoms with Gasteiger partial charge >= 0.3 is 0 Å². The molecule has 0 aliphatic carbocycles. The second-order valence-corrected chi connectivity index (χ2v) is 10.0. The topological polar surface area (TPSA) is 87.1 Å². The number of ether oxygens (including phenoxy) is 1. The summed E-state index contributed by atoms with van der Waals surface area (Å²) in [5.74, 6) is 0.761. The van der Waals surface area contributed by atoms with Crippen molar-refractivity contribution in [2.75, 3.05) is 56.7 Å². The molecule has 1 N–H and O–H groups in total. The van der Waals surface area contributed by atoms with Crippen molar-refractivity contribution < 1.29 is 14.3 Å². The second kappa shape index (κ2) is 12.6. The fourth-order valence-electron chi connectivity index (χ4n) is 4.64. The van der Waals surface area contributed by atoms with E-state index in [9.17, 15) is 9.59 Å². The lowest BCUT2D eigenvalue weighted by molar-refractivity contribution is 0.0992. The number of ketones is 1. The van der Waals surface area contributed by atoms with Crippen LogP contribution in [0.5, 0.6) is 0 Å². The van der Waals surface area contributed by atoms with Crippen molar-refractivity contribution in [1.82, 2.24) is 9.88 Å². The summed E-state index contributed by atoms with van der Waals surface area (Å²) in [4.78, 5) is 39.9. The van der Waals surface area contributed by atoms with E-state index in [0.717, 1.165) is 30.2 Å². The Balaban J connectivity index is 0.00000353. The van der Waals surface area contributed by atoms with Gasteiger partial charge in [0.15, 0.2) is 5.78 Å². The van der Waals surface area contributed by atoms with Crippen LogP contribution in [0.1, 0.15) is 39.3 Å². The first-order valence-electron chi connectivity index (χ1n) is 12.4. The first-order valence-corrected chi connectivity index (χ1v) is 13.1. The van der Waals surface area contributed by atoms with Crippen molar-refractivity contribution in [2.24, 2.45) is 4.99 Å². The van der Waals surface area contributed by atoms with Gasteiger partial charge in [-0.1, -0.05) is 54.9 Å². The highest BCUT2D eigenvalue weighted by molar-refractivity contribution is 6.31. The van der Waals surface area contributed by atoms with Gasteiger partial charge in [0, 0.05) is 66.7 Å². The highest BCUT2D eigenvalue weighted by Gasteiger charge is 2.24. The maximum absolute atomic E-state index is 13.5. The van der Waals surface area contributed by atoms with Crippen LogP contribution in [0.3, 0.4) is 0 Å². The van der Waals surface area contributed by atoms with Crippen LogP contribution >= 0.6 is 23.2 Å². The fraction of sp³-hybridized carbons (Fsp3) is 0.310. The average molecular weight is 569 g/mol. The Morgan fingerprint density at radius 2 is 1.74 bits per heavy atom. The van der Waals surface area contributed by atoms with Gasteiger partial charge in [0.05, 0.1) is 24.8 Å². The average Bonchev–Trinajstić information content (AvgIpc) is 3.37. The molecule has 1 aromatic heterocycles. The fourth-order valence-corrected chi connectivity index (χ4v) is 4.97. The number of amidine groups is 1. The zero-order valence-electron chi connectivity index (χ0n) is 20.9. The molecule has 3 heterocycles. The number of amides is 1. The molecule has 0 saturated carbocycles. The van der Waals surface area contributed by atoms with E-state index >= 15 is 0 Å². The third kappa shape index (κ3) is 6.58. The van der Waals surface area contributed by atoms with Gasteiger partial charge in [-0.2, -0.15) is 0 Å². The molecule has 1 amide bonds. The number of hydrogen-bond acceptors (Lipinski definition) is 7. The van der Waals surface area contributed by atoms with E-state index in [1.807, 2.05) is 37.4 Å². The van der Waals surface area contributed by atoms with Gasteiger partial charge in [-0.3, -0.25) is 14.6 Å². The maximum atomic E-state index is 13.5. The van der Waals surface area contributed by atoms with E-state index in [0.29, 0.717) is 58.9 Å². The van der Waals surface area contributed by atoms with Crippen LogP contribution in [-0.4, -0.2) is 73.9 Å². The zero-order valence-corrected chi connectivity index (χ0v) is 22.4. The molecule has 2 aliphatic heterocycles. The Hall–Kier alpha value is -3.46. The lowest BCUT2D eigenvalue weighted by Gasteiger charge is -2.31. The largest absolute Gasteiger partial charge is 0.378 e. The molecular weight excluding hydrogens is 537 g/mol. The van der Waals surface area contributed by atoms with Crippen LogP contribution in [0.4, 0.5) is 11.5 Å². The molecular formula is C29H31Cl2N5O3. The van der Waals surface area contributed by atoms with Gasteiger partial charge in [-0.25, -0.2) is 4.98 Å². The number of nitrogens with zero attached hydrogens (tertiary/aromatic N) is 4. The zero-order chi connectivity index (χ0) is 26.6. The summed E-state index contributed by atoms with van der Waals surface area (Å²) in [6.45, 7) is 4.01. The minimum atomic E-state index is -0.405. The predicted octanol–water partition coefficient (Wildman–Crippen LogP) is 5.23. The van der Waals surface area contributed by atoms with Crippen LogP contribution in [0.25, 0.3) is 0 Å². The number of rotatable bonds is 7. The second-order valence-electron chi connectivity index (χ2n) is 9.17. The summed E-state index contributed by atoms with van der Waals surface area (Å²) in [7, 11) is 2.00. The molecule has 1 saturated heterocycles. The number of hydrogen-bond donors (Lipinski definition) is 1. The van der Waals surface area contributed by atoms with Gasteiger partial charge in [0.1, 0.15) is 11.7 Å². The first-order chi connectivity index (χ1) is 18.4. The van der Waals surface area contributed by atoms with E-state index in [2.05, 4.69) is 25.1 Å². The van der Waals surface area contributed by atoms with E-state index < -0.39 is 5.91 Å². The Labute approximate surface area is 238 Å².